The summed E-state index contributed by atoms with van der Waals surface area (Å²) < 4.78 is 17.6. The number of esters is 1. The van der Waals surface area contributed by atoms with E-state index in [2.05, 4.69) is 4.99 Å². The van der Waals surface area contributed by atoms with Crippen LogP contribution in [0.25, 0.3) is 0 Å². The lowest BCUT2D eigenvalue weighted by Crippen LogP contribution is -2.30. The number of para-hydroxylation sites is 1. The van der Waals surface area contributed by atoms with Crippen molar-refractivity contribution in [2.45, 2.75) is 31.7 Å². The van der Waals surface area contributed by atoms with E-state index in [1.807, 2.05) is 42.5 Å². The Bertz CT molecular complexity index is 1060. The molecule has 1 fully saturated rings. The summed E-state index contributed by atoms with van der Waals surface area (Å²) in [6, 6.07) is 14.6. The van der Waals surface area contributed by atoms with Crippen molar-refractivity contribution in [2.24, 2.45) is 10.9 Å². The quantitative estimate of drug-likeness (QED) is 0.399. The van der Waals surface area contributed by atoms with Crippen LogP contribution in [0.3, 0.4) is 0 Å². The molecule has 7 heteroatoms. The molecule has 0 spiro atoms. The molecule has 2 heterocycles. The third-order valence-corrected chi connectivity index (χ3v) is 5.89. The van der Waals surface area contributed by atoms with Crippen LogP contribution in [-0.4, -0.2) is 30.4 Å². The van der Waals surface area contributed by atoms with Gasteiger partial charge in [0.1, 0.15) is 11.5 Å². The first kappa shape index (κ1) is 23.2. The molecule has 0 bridgehead atoms. The zero-order valence-corrected chi connectivity index (χ0v) is 18.9. The average molecular weight is 468 g/mol. The van der Waals surface area contributed by atoms with Crippen LogP contribution in [0, 0.1) is 5.92 Å². The number of hydrogen-bond donors (Lipinski definition) is 1. The van der Waals surface area contributed by atoms with Crippen LogP contribution in [-0.2, 0) is 19.0 Å². The first-order valence-corrected chi connectivity index (χ1v) is 11.3. The Morgan fingerprint density at radius 2 is 1.94 bits per heavy atom. The van der Waals surface area contributed by atoms with Gasteiger partial charge in [0.2, 0.25) is 0 Å². The van der Waals surface area contributed by atoms with Crippen LogP contribution in [0.15, 0.2) is 77.5 Å². The molecule has 1 saturated heterocycles. The molecule has 0 aromatic heterocycles. The Morgan fingerprint density at radius 1 is 1.15 bits per heavy atom. The van der Waals surface area contributed by atoms with Gasteiger partial charge in [0, 0.05) is 34.7 Å². The molecule has 172 valence electrons. The lowest BCUT2D eigenvalue weighted by molar-refractivity contribution is -0.244. The van der Waals surface area contributed by atoms with Crippen molar-refractivity contribution < 1.29 is 24.1 Å². The number of carbonyl (C=O) groups is 1. The molecule has 1 N–H and O–H groups in total. The number of rotatable bonds is 8. The van der Waals surface area contributed by atoms with Crippen molar-refractivity contribution in [2.75, 3.05) is 13.2 Å². The Labute approximate surface area is 198 Å². The zero-order valence-electron chi connectivity index (χ0n) is 18.1. The van der Waals surface area contributed by atoms with Gasteiger partial charge in [-0.15, -0.1) is 0 Å². The van der Waals surface area contributed by atoms with Crippen LogP contribution < -0.4 is 0 Å². The summed E-state index contributed by atoms with van der Waals surface area (Å²) in [5.74, 6) is 0.486. The molecule has 2 aromatic rings. The number of carbonyl (C=O) groups excluding carboxylic acids is 1. The van der Waals surface area contributed by atoms with Crippen LogP contribution in [0.2, 0.25) is 5.02 Å². The highest BCUT2D eigenvalue weighted by Crippen LogP contribution is 2.43. The molecule has 6 nitrogen and oxygen atoms in total. The molecule has 0 aliphatic carbocycles. The number of ether oxygens (including phenoxy) is 3. The number of phenolic OH excluding ortho intramolecular Hbond substituents is 1. The predicted molar refractivity (Wildman–Crippen MR) is 126 cm³/mol. The predicted octanol–water partition coefficient (Wildman–Crippen LogP) is 5.69. The number of aromatic hydroxyl groups is 1. The summed E-state index contributed by atoms with van der Waals surface area (Å²) >= 11 is 6.35. The fourth-order valence-corrected chi connectivity index (χ4v) is 4.07. The fourth-order valence-electron chi connectivity index (χ4n) is 3.84. The number of allylic oxidation sites excluding steroid dienone is 3. The third-order valence-electron chi connectivity index (χ3n) is 5.54. The molecule has 2 aliphatic rings. The van der Waals surface area contributed by atoms with Gasteiger partial charge in [-0.25, -0.2) is 0 Å². The number of halogens is 1. The Hall–Kier alpha value is -2.93. The normalized spacial score (nSPS) is 22.5. The minimum absolute atomic E-state index is 0.0129. The van der Waals surface area contributed by atoms with E-state index in [1.54, 1.807) is 30.5 Å². The van der Waals surface area contributed by atoms with Crippen molar-refractivity contribution in [1.82, 2.24) is 0 Å². The number of aliphatic imine (C=N–C) groups is 1. The van der Waals surface area contributed by atoms with E-state index in [-0.39, 0.29) is 23.7 Å². The average Bonchev–Trinajstić information content (AvgIpc) is 3.33. The molecular formula is C26H26ClNO5. The maximum absolute atomic E-state index is 11.9. The minimum atomic E-state index is -0.618. The summed E-state index contributed by atoms with van der Waals surface area (Å²) in [5, 5.41) is 11.0. The SMILES string of the molecule is O=C(CC/C=C\C[C@@H]1CO[C@H](c2ccccc2Cl)O[C@@H]1c1ccccc1O)OC1=CC=NC1. The molecule has 2 aromatic carbocycles. The van der Waals surface area contributed by atoms with Gasteiger partial charge in [-0.2, -0.15) is 0 Å². The van der Waals surface area contributed by atoms with Crippen LogP contribution in [0.4, 0.5) is 0 Å². The molecule has 0 unspecified atom stereocenters. The number of phenols is 1. The Balaban J connectivity index is 1.37. The van der Waals surface area contributed by atoms with Crippen LogP contribution >= 0.6 is 11.6 Å². The Morgan fingerprint density at radius 3 is 2.70 bits per heavy atom. The molecule has 33 heavy (non-hydrogen) atoms. The molecule has 2 aliphatic heterocycles. The lowest BCUT2D eigenvalue weighted by Gasteiger charge is -2.37. The summed E-state index contributed by atoms with van der Waals surface area (Å²) in [6.45, 7) is 0.863. The van der Waals surface area contributed by atoms with Gasteiger partial charge in [0.05, 0.1) is 19.3 Å². The van der Waals surface area contributed by atoms with Gasteiger partial charge in [-0.3, -0.25) is 9.79 Å². The second kappa shape index (κ2) is 11.3. The van der Waals surface area contributed by atoms with E-state index in [4.69, 9.17) is 25.8 Å². The van der Waals surface area contributed by atoms with E-state index >= 15 is 0 Å². The van der Waals surface area contributed by atoms with Gasteiger partial charge in [0.15, 0.2) is 6.29 Å². The first-order chi connectivity index (χ1) is 16.1. The number of benzene rings is 2. The van der Waals surface area contributed by atoms with E-state index in [0.717, 1.165) is 5.56 Å². The van der Waals surface area contributed by atoms with Crippen molar-refractivity contribution in [3.8, 4) is 5.75 Å². The van der Waals surface area contributed by atoms with Gasteiger partial charge < -0.3 is 19.3 Å². The maximum atomic E-state index is 11.9. The van der Waals surface area contributed by atoms with E-state index in [9.17, 15) is 9.90 Å². The fraction of sp³-hybridized carbons (Fsp3) is 0.308. The van der Waals surface area contributed by atoms with E-state index < -0.39 is 6.29 Å². The summed E-state index contributed by atoms with van der Waals surface area (Å²) in [4.78, 5) is 15.9. The zero-order chi connectivity index (χ0) is 23.0. The summed E-state index contributed by atoms with van der Waals surface area (Å²) in [7, 11) is 0. The summed E-state index contributed by atoms with van der Waals surface area (Å²) in [5.41, 5.74) is 1.47. The van der Waals surface area contributed by atoms with Crippen LogP contribution in [0.1, 0.15) is 42.8 Å². The molecule has 4 rings (SSSR count). The van der Waals surface area contributed by atoms with Gasteiger partial charge in [0.25, 0.3) is 0 Å². The van der Waals surface area contributed by atoms with Crippen molar-refractivity contribution >= 4 is 23.8 Å². The lowest BCUT2D eigenvalue weighted by atomic mass is 9.91. The van der Waals surface area contributed by atoms with Crippen molar-refractivity contribution in [3.05, 3.63) is 88.7 Å². The minimum Gasteiger partial charge on any atom is -0.508 e. The van der Waals surface area contributed by atoms with E-state index in [0.29, 0.717) is 48.8 Å². The number of nitrogens with zero attached hydrogens (tertiary/aromatic N) is 1. The third kappa shape index (κ3) is 6.11. The van der Waals surface area contributed by atoms with E-state index in [1.165, 1.54) is 0 Å². The topological polar surface area (TPSA) is 77.4 Å². The van der Waals surface area contributed by atoms with Gasteiger partial charge >= 0.3 is 5.97 Å². The highest BCUT2D eigenvalue weighted by atomic mass is 35.5. The molecule has 3 atom stereocenters. The maximum Gasteiger partial charge on any atom is 0.311 e. The van der Waals surface area contributed by atoms with Crippen molar-refractivity contribution in [1.29, 1.82) is 0 Å². The van der Waals surface area contributed by atoms with Crippen molar-refractivity contribution in [3.63, 3.8) is 0 Å². The summed E-state index contributed by atoms with van der Waals surface area (Å²) in [6.07, 6.45) is 7.86. The monoisotopic (exact) mass is 467 g/mol. The molecule has 0 saturated carbocycles. The number of hydrogen-bond acceptors (Lipinski definition) is 6. The van der Waals surface area contributed by atoms with Crippen LogP contribution in [0.5, 0.6) is 5.75 Å². The highest BCUT2D eigenvalue weighted by molar-refractivity contribution is 6.31. The molecule has 0 radical (unpaired) electrons. The second-order valence-corrected chi connectivity index (χ2v) is 8.31. The molecular weight excluding hydrogens is 442 g/mol. The second-order valence-electron chi connectivity index (χ2n) is 7.90. The molecule has 0 amide bonds. The largest absolute Gasteiger partial charge is 0.508 e. The van der Waals surface area contributed by atoms with Gasteiger partial charge in [-0.05, 0) is 31.1 Å². The first-order valence-electron chi connectivity index (χ1n) is 11.0. The Kier molecular flexibility index (Phi) is 7.94. The highest BCUT2D eigenvalue weighted by Gasteiger charge is 2.35. The van der Waals surface area contributed by atoms with Gasteiger partial charge in [-0.1, -0.05) is 60.2 Å². The smallest absolute Gasteiger partial charge is 0.311 e. The standard InChI is InChI=1S/C26H26ClNO5/c27-22-11-6-4-9-20(22)26-31-17-18(25(33-26)21-10-5-7-12-23(21)29)8-2-1-3-13-24(30)32-19-14-15-28-16-19/h1-2,4-7,9-12,14-15,18,25-26,29H,3,8,13,16-17H2/b2-1-/t18-,25+,26+/m1/s1.